The first-order valence-corrected chi connectivity index (χ1v) is 7.06. The molecule has 1 aromatic rings. The van der Waals surface area contributed by atoms with E-state index in [1.807, 2.05) is 0 Å². The smallest absolute Gasteiger partial charge is 0.213 e. The quantitative estimate of drug-likeness (QED) is 0.735. The van der Waals surface area contributed by atoms with Crippen molar-refractivity contribution in [1.82, 2.24) is 4.72 Å². The van der Waals surface area contributed by atoms with Crippen molar-refractivity contribution in [2.24, 2.45) is 5.73 Å². The Morgan fingerprint density at radius 3 is 2.44 bits per heavy atom. The Bertz CT molecular complexity index is 488. The van der Waals surface area contributed by atoms with Crippen LogP contribution >= 0.6 is 0 Å². The van der Waals surface area contributed by atoms with Gasteiger partial charge >= 0.3 is 0 Å². The van der Waals surface area contributed by atoms with Crippen LogP contribution in [0.3, 0.4) is 0 Å². The molecule has 0 amide bonds. The van der Waals surface area contributed by atoms with Crippen molar-refractivity contribution < 1.29 is 17.9 Å². The van der Waals surface area contributed by atoms with Crippen molar-refractivity contribution >= 4 is 10.0 Å². The summed E-state index contributed by atoms with van der Waals surface area (Å²) in [6, 6.07) is 5.22. The SMILES string of the molecule is COc1ccc(CNS(=O)(=O)CCN)cc1OC. The Hall–Kier alpha value is -1.31. The average Bonchev–Trinajstić information content (AvgIpc) is 2.36. The number of hydrogen-bond acceptors (Lipinski definition) is 5. The number of nitrogens with one attached hydrogen (secondary N) is 1. The van der Waals surface area contributed by atoms with Gasteiger partial charge in [0.25, 0.3) is 0 Å². The van der Waals surface area contributed by atoms with E-state index in [1.54, 1.807) is 25.3 Å². The maximum atomic E-state index is 11.4. The fourth-order valence-electron chi connectivity index (χ4n) is 1.41. The summed E-state index contributed by atoms with van der Waals surface area (Å²) in [7, 11) is -0.241. The third kappa shape index (κ3) is 4.17. The third-order valence-corrected chi connectivity index (χ3v) is 3.69. The van der Waals surface area contributed by atoms with Gasteiger partial charge in [0, 0.05) is 13.1 Å². The zero-order valence-electron chi connectivity index (χ0n) is 10.5. The summed E-state index contributed by atoms with van der Waals surface area (Å²) in [5.41, 5.74) is 6.00. The van der Waals surface area contributed by atoms with Crippen LogP contribution in [0.15, 0.2) is 18.2 Å². The molecule has 0 unspecified atom stereocenters. The van der Waals surface area contributed by atoms with E-state index in [9.17, 15) is 8.42 Å². The number of ether oxygens (including phenoxy) is 2. The van der Waals surface area contributed by atoms with Gasteiger partial charge in [-0.3, -0.25) is 0 Å². The molecule has 0 aromatic heterocycles. The van der Waals surface area contributed by atoms with Gasteiger partial charge in [-0.2, -0.15) is 0 Å². The van der Waals surface area contributed by atoms with Gasteiger partial charge in [0.1, 0.15) is 0 Å². The second-order valence-electron chi connectivity index (χ2n) is 3.62. The van der Waals surface area contributed by atoms with E-state index in [2.05, 4.69) is 4.72 Å². The predicted octanol–water partition coefficient (Wildman–Crippen LogP) is 0.0819. The van der Waals surface area contributed by atoms with E-state index >= 15 is 0 Å². The first kappa shape index (κ1) is 14.7. The Kier molecular flexibility index (Phi) is 5.39. The zero-order chi connectivity index (χ0) is 13.6. The molecule has 0 fully saturated rings. The Morgan fingerprint density at radius 1 is 1.22 bits per heavy atom. The van der Waals surface area contributed by atoms with E-state index in [4.69, 9.17) is 15.2 Å². The van der Waals surface area contributed by atoms with Gasteiger partial charge in [0.2, 0.25) is 10.0 Å². The molecule has 0 aliphatic rings. The lowest BCUT2D eigenvalue weighted by molar-refractivity contribution is 0.354. The highest BCUT2D eigenvalue weighted by atomic mass is 32.2. The van der Waals surface area contributed by atoms with Crippen LogP contribution in [0.1, 0.15) is 5.56 Å². The first-order chi connectivity index (χ1) is 8.52. The molecule has 18 heavy (non-hydrogen) atoms. The molecular weight excluding hydrogens is 256 g/mol. The maximum absolute atomic E-state index is 11.4. The van der Waals surface area contributed by atoms with Crippen molar-refractivity contribution in [1.29, 1.82) is 0 Å². The van der Waals surface area contributed by atoms with Crippen LogP contribution in [0.4, 0.5) is 0 Å². The maximum Gasteiger partial charge on any atom is 0.213 e. The molecule has 0 spiro atoms. The summed E-state index contributed by atoms with van der Waals surface area (Å²) in [5.74, 6) is 1.08. The largest absolute Gasteiger partial charge is 0.493 e. The lowest BCUT2D eigenvalue weighted by Crippen LogP contribution is -2.29. The standard InChI is InChI=1S/C11H18N2O4S/c1-16-10-4-3-9(7-11(10)17-2)8-13-18(14,15)6-5-12/h3-4,7,13H,5-6,8,12H2,1-2H3. The molecule has 0 aliphatic carbocycles. The van der Waals surface area contributed by atoms with Crippen LogP contribution in [-0.4, -0.2) is 34.9 Å². The molecule has 0 aliphatic heterocycles. The molecule has 0 saturated carbocycles. The number of benzene rings is 1. The summed E-state index contributed by atoms with van der Waals surface area (Å²) in [4.78, 5) is 0. The van der Waals surface area contributed by atoms with E-state index in [0.29, 0.717) is 11.5 Å². The minimum Gasteiger partial charge on any atom is -0.493 e. The van der Waals surface area contributed by atoms with Crippen molar-refractivity contribution in [3.05, 3.63) is 23.8 Å². The molecule has 0 saturated heterocycles. The third-order valence-electron chi connectivity index (χ3n) is 2.33. The number of hydrogen-bond donors (Lipinski definition) is 2. The Labute approximate surface area is 107 Å². The second-order valence-corrected chi connectivity index (χ2v) is 5.54. The molecule has 1 aromatic carbocycles. The van der Waals surface area contributed by atoms with Gasteiger partial charge in [-0.05, 0) is 17.7 Å². The van der Waals surface area contributed by atoms with E-state index in [-0.39, 0.29) is 18.8 Å². The molecule has 0 bridgehead atoms. The number of methoxy groups -OCH3 is 2. The zero-order valence-corrected chi connectivity index (χ0v) is 11.3. The van der Waals surface area contributed by atoms with Gasteiger partial charge in [0.05, 0.1) is 20.0 Å². The molecule has 0 radical (unpaired) electrons. The molecular formula is C11H18N2O4S. The molecule has 0 heterocycles. The minimum atomic E-state index is -3.31. The van der Waals surface area contributed by atoms with E-state index in [0.717, 1.165) is 5.56 Å². The second kappa shape index (κ2) is 6.58. The average molecular weight is 274 g/mol. The molecule has 7 heteroatoms. The van der Waals surface area contributed by atoms with Crippen molar-refractivity contribution in [3.8, 4) is 11.5 Å². The molecule has 6 nitrogen and oxygen atoms in total. The Morgan fingerprint density at radius 2 is 1.89 bits per heavy atom. The predicted molar refractivity (Wildman–Crippen MR) is 69.2 cm³/mol. The van der Waals surface area contributed by atoms with Crippen LogP contribution in [0, 0.1) is 0 Å². The minimum absolute atomic E-state index is 0.0830. The molecule has 102 valence electrons. The number of rotatable bonds is 7. The fraction of sp³-hybridized carbons (Fsp3) is 0.455. The highest BCUT2D eigenvalue weighted by Gasteiger charge is 2.10. The summed E-state index contributed by atoms with van der Waals surface area (Å²) in [5, 5.41) is 0. The summed E-state index contributed by atoms with van der Waals surface area (Å²) < 4.78 is 35.6. The van der Waals surface area contributed by atoms with Gasteiger partial charge < -0.3 is 15.2 Å². The first-order valence-electron chi connectivity index (χ1n) is 5.40. The van der Waals surface area contributed by atoms with Crippen molar-refractivity contribution in [2.45, 2.75) is 6.54 Å². The normalized spacial score (nSPS) is 11.3. The van der Waals surface area contributed by atoms with Gasteiger partial charge in [-0.25, -0.2) is 13.1 Å². The van der Waals surface area contributed by atoms with Crippen LogP contribution in [0.5, 0.6) is 11.5 Å². The van der Waals surface area contributed by atoms with Crippen LogP contribution in [0.25, 0.3) is 0 Å². The molecule has 3 N–H and O–H groups in total. The van der Waals surface area contributed by atoms with E-state index in [1.165, 1.54) is 7.11 Å². The van der Waals surface area contributed by atoms with Crippen LogP contribution in [0.2, 0.25) is 0 Å². The van der Waals surface area contributed by atoms with Gasteiger partial charge in [-0.1, -0.05) is 6.07 Å². The van der Waals surface area contributed by atoms with Gasteiger partial charge in [0.15, 0.2) is 11.5 Å². The number of sulfonamides is 1. The Balaban J connectivity index is 2.74. The van der Waals surface area contributed by atoms with Crippen LogP contribution in [-0.2, 0) is 16.6 Å². The van der Waals surface area contributed by atoms with Crippen LogP contribution < -0.4 is 19.9 Å². The topological polar surface area (TPSA) is 90.7 Å². The van der Waals surface area contributed by atoms with Gasteiger partial charge in [-0.15, -0.1) is 0 Å². The van der Waals surface area contributed by atoms with Crippen molar-refractivity contribution in [3.63, 3.8) is 0 Å². The molecule has 1 rings (SSSR count). The highest BCUT2D eigenvalue weighted by Crippen LogP contribution is 2.27. The van der Waals surface area contributed by atoms with Crippen molar-refractivity contribution in [2.75, 3.05) is 26.5 Å². The summed E-state index contributed by atoms with van der Waals surface area (Å²) >= 11 is 0. The summed E-state index contributed by atoms with van der Waals surface area (Å²) in [6.07, 6.45) is 0. The summed E-state index contributed by atoms with van der Waals surface area (Å²) in [6.45, 7) is 0.296. The lowest BCUT2D eigenvalue weighted by atomic mass is 10.2. The monoisotopic (exact) mass is 274 g/mol. The molecule has 0 atom stereocenters. The lowest BCUT2D eigenvalue weighted by Gasteiger charge is -2.10. The highest BCUT2D eigenvalue weighted by molar-refractivity contribution is 7.89. The van der Waals surface area contributed by atoms with E-state index < -0.39 is 10.0 Å². The fourth-order valence-corrected chi connectivity index (χ4v) is 2.25. The number of nitrogens with two attached hydrogens (primary N) is 1.